The molecule has 0 saturated heterocycles. The van der Waals surface area contributed by atoms with E-state index < -0.39 is 6.10 Å². The number of hydrogen-bond acceptors (Lipinski definition) is 6. The van der Waals surface area contributed by atoms with E-state index in [1.807, 2.05) is 20.8 Å². The van der Waals surface area contributed by atoms with Crippen molar-refractivity contribution >= 4 is 33.3 Å². The molecule has 0 fully saturated rings. The minimum absolute atomic E-state index is 0.176. The summed E-state index contributed by atoms with van der Waals surface area (Å²) in [7, 11) is 0. The first-order valence-corrected chi connectivity index (χ1v) is 7.84. The van der Waals surface area contributed by atoms with Crippen LogP contribution in [0.15, 0.2) is 6.33 Å². The van der Waals surface area contributed by atoms with Gasteiger partial charge in [0.05, 0.1) is 16.4 Å². The van der Waals surface area contributed by atoms with E-state index in [1.54, 1.807) is 0 Å². The molecule has 1 amide bonds. The average Bonchev–Trinajstić information content (AvgIpc) is 2.83. The van der Waals surface area contributed by atoms with Crippen molar-refractivity contribution in [3.05, 3.63) is 16.8 Å². The van der Waals surface area contributed by atoms with E-state index in [-0.39, 0.29) is 12.5 Å². The molecule has 3 N–H and O–H groups in total. The molecule has 7 heteroatoms. The molecule has 2 heterocycles. The molecule has 2 aromatic heterocycles. The molecule has 0 aliphatic rings. The lowest BCUT2D eigenvalue weighted by atomic mass is 10.2. The van der Waals surface area contributed by atoms with E-state index in [4.69, 9.17) is 0 Å². The Labute approximate surface area is 127 Å². The lowest BCUT2D eigenvalue weighted by Crippen LogP contribution is -2.31. The topological polar surface area (TPSA) is 87.1 Å². The number of amides is 1. The Morgan fingerprint density at radius 1 is 1.43 bits per heavy atom. The molecule has 0 radical (unpaired) electrons. The number of aliphatic hydroxyl groups is 1. The van der Waals surface area contributed by atoms with Crippen LogP contribution in [0.4, 0.5) is 5.82 Å². The van der Waals surface area contributed by atoms with Crippen LogP contribution in [0.25, 0.3) is 10.2 Å². The number of hydrogen-bond donors (Lipinski definition) is 3. The highest BCUT2D eigenvalue weighted by molar-refractivity contribution is 7.20. The number of carbonyl (C=O) groups excluding carboxylic acids is 1. The smallest absolute Gasteiger partial charge is 0.261 e. The summed E-state index contributed by atoms with van der Waals surface area (Å²) in [5.41, 5.74) is 0.870. The van der Waals surface area contributed by atoms with Gasteiger partial charge in [-0.25, -0.2) is 9.97 Å². The maximum Gasteiger partial charge on any atom is 0.261 e. The van der Waals surface area contributed by atoms with E-state index >= 15 is 0 Å². The quantitative estimate of drug-likeness (QED) is 0.759. The number of fused-ring (bicyclic) bond motifs is 1. The lowest BCUT2D eigenvalue weighted by Gasteiger charge is -2.09. The van der Waals surface area contributed by atoms with Crippen molar-refractivity contribution in [2.24, 2.45) is 0 Å². The fourth-order valence-electron chi connectivity index (χ4n) is 2.02. The number of anilines is 1. The third-order valence-corrected chi connectivity index (χ3v) is 4.45. The van der Waals surface area contributed by atoms with Crippen molar-refractivity contribution in [3.63, 3.8) is 0 Å². The molecule has 114 valence electrons. The van der Waals surface area contributed by atoms with Gasteiger partial charge in [-0.3, -0.25) is 4.79 Å². The molecule has 6 nitrogen and oxygen atoms in total. The monoisotopic (exact) mass is 308 g/mol. The number of carbonyl (C=O) groups is 1. The molecule has 0 spiro atoms. The van der Waals surface area contributed by atoms with Gasteiger partial charge < -0.3 is 15.7 Å². The molecule has 0 aromatic carbocycles. The SMILES string of the molecule is CCNc1ncnc2sc(C(=O)NC[C@H](O)CC)c(C)c12. The zero-order valence-electron chi connectivity index (χ0n) is 12.4. The second-order valence-corrected chi connectivity index (χ2v) is 5.76. The van der Waals surface area contributed by atoms with Crippen molar-refractivity contribution in [2.75, 3.05) is 18.4 Å². The minimum Gasteiger partial charge on any atom is -0.391 e. The number of thiophene rings is 1. The van der Waals surface area contributed by atoms with Gasteiger partial charge in [0.15, 0.2) is 0 Å². The summed E-state index contributed by atoms with van der Waals surface area (Å²) in [5, 5.41) is 16.4. The Balaban J connectivity index is 2.31. The maximum atomic E-state index is 12.2. The number of nitrogens with one attached hydrogen (secondary N) is 2. The molecule has 0 aliphatic carbocycles. The van der Waals surface area contributed by atoms with Gasteiger partial charge in [0.2, 0.25) is 0 Å². The summed E-state index contributed by atoms with van der Waals surface area (Å²) < 4.78 is 0. The summed E-state index contributed by atoms with van der Waals surface area (Å²) in [5.74, 6) is 0.578. The van der Waals surface area contributed by atoms with Gasteiger partial charge in [-0.1, -0.05) is 6.92 Å². The highest BCUT2D eigenvalue weighted by Gasteiger charge is 2.19. The van der Waals surface area contributed by atoms with Crippen LogP contribution in [0.2, 0.25) is 0 Å². The van der Waals surface area contributed by atoms with Gasteiger partial charge in [-0.15, -0.1) is 11.3 Å². The fraction of sp³-hybridized carbons (Fsp3) is 0.500. The number of aromatic nitrogens is 2. The van der Waals surface area contributed by atoms with E-state index in [2.05, 4.69) is 20.6 Å². The normalized spacial score (nSPS) is 12.4. The summed E-state index contributed by atoms with van der Waals surface area (Å²) in [6.45, 7) is 6.78. The number of rotatable bonds is 6. The molecular weight excluding hydrogens is 288 g/mol. The Kier molecular flexibility index (Phi) is 5.08. The molecule has 1 atom stereocenters. The van der Waals surface area contributed by atoms with Gasteiger partial charge in [-0.2, -0.15) is 0 Å². The molecule has 21 heavy (non-hydrogen) atoms. The Bertz CT molecular complexity index is 641. The third kappa shape index (κ3) is 3.30. The molecule has 0 bridgehead atoms. The van der Waals surface area contributed by atoms with E-state index in [0.29, 0.717) is 11.3 Å². The first-order chi connectivity index (χ1) is 10.1. The van der Waals surface area contributed by atoms with Crippen molar-refractivity contribution in [1.29, 1.82) is 0 Å². The fourth-order valence-corrected chi connectivity index (χ4v) is 3.09. The van der Waals surface area contributed by atoms with Gasteiger partial charge in [0.25, 0.3) is 5.91 Å². The highest BCUT2D eigenvalue weighted by atomic mass is 32.1. The van der Waals surface area contributed by atoms with Crippen LogP contribution in [0.1, 0.15) is 35.5 Å². The van der Waals surface area contributed by atoms with Crippen molar-refractivity contribution in [3.8, 4) is 0 Å². The summed E-state index contributed by atoms with van der Waals surface area (Å²) in [6, 6.07) is 0. The zero-order chi connectivity index (χ0) is 15.4. The predicted molar refractivity (Wildman–Crippen MR) is 84.9 cm³/mol. The van der Waals surface area contributed by atoms with E-state index in [0.717, 1.165) is 28.1 Å². The zero-order valence-corrected chi connectivity index (χ0v) is 13.3. The summed E-state index contributed by atoms with van der Waals surface area (Å²) >= 11 is 1.35. The van der Waals surface area contributed by atoms with Gasteiger partial charge >= 0.3 is 0 Å². The predicted octanol–water partition coefficient (Wildman–Crippen LogP) is 1.93. The molecule has 2 rings (SSSR count). The van der Waals surface area contributed by atoms with E-state index in [1.165, 1.54) is 17.7 Å². The highest BCUT2D eigenvalue weighted by Crippen LogP contribution is 2.33. The molecular formula is C14H20N4O2S. The Morgan fingerprint density at radius 2 is 2.19 bits per heavy atom. The molecule has 0 aliphatic heterocycles. The van der Waals surface area contributed by atoms with Crippen LogP contribution in [-0.4, -0.2) is 40.2 Å². The maximum absolute atomic E-state index is 12.2. The van der Waals surface area contributed by atoms with Crippen LogP contribution in [0, 0.1) is 6.92 Å². The Morgan fingerprint density at radius 3 is 2.86 bits per heavy atom. The second-order valence-electron chi connectivity index (χ2n) is 4.76. The van der Waals surface area contributed by atoms with Crippen molar-refractivity contribution in [2.45, 2.75) is 33.3 Å². The van der Waals surface area contributed by atoms with Gasteiger partial charge in [-0.05, 0) is 25.8 Å². The lowest BCUT2D eigenvalue weighted by molar-refractivity contribution is 0.0917. The second kappa shape index (κ2) is 6.82. The van der Waals surface area contributed by atoms with Crippen molar-refractivity contribution < 1.29 is 9.90 Å². The van der Waals surface area contributed by atoms with Crippen LogP contribution in [0.5, 0.6) is 0 Å². The molecule has 0 saturated carbocycles. The number of aryl methyl sites for hydroxylation is 1. The van der Waals surface area contributed by atoms with Crippen LogP contribution in [0.3, 0.4) is 0 Å². The number of aliphatic hydroxyl groups excluding tert-OH is 1. The standard InChI is InChI=1S/C14H20N4O2S/c1-4-9(19)6-16-13(20)11-8(3)10-12(15-5-2)17-7-18-14(10)21-11/h7,9,19H,4-6H2,1-3H3,(H,16,20)(H,15,17,18)/t9-/m1/s1. The van der Waals surface area contributed by atoms with Crippen LogP contribution in [-0.2, 0) is 0 Å². The molecule has 0 unspecified atom stereocenters. The first-order valence-electron chi connectivity index (χ1n) is 7.02. The minimum atomic E-state index is -0.513. The first kappa shape index (κ1) is 15.7. The average molecular weight is 308 g/mol. The summed E-state index contributed by atoms with van der Waals surface area (Å²) in [6.07, 6.45) is 1.60. The van der Waals surface area contributed by atoms with E-state index in [9.17, 15) is 9.90 Å². The van der Waals surface area contributed by atoms with Gasteiger partial charge in [0.1, 0.15) is 17.0 Å². The van der Waals surface area contributed by atoms with Crippen molar-refractivity contribution in [1.82, 2.24) is 15.3 Å². The third-order valence-electron chi connectivity index (χ3n) is 3.25. The van der Waals surface area contributed by atoms with Gasteiger partial charge in [0, 0.05) is 13.1 Å². The largest absolute Gasteiger partial charge is 0.391 e. The van der Waals surface area contributed by atoms with Crippen LogP contribution >= 0.6 is 11.3 Å². The van der Waals surface area contributed by atoms with Crippen LogP contribution < -0.4 is 10.6 Å². The number of nitrogens with zero attached hydrogens (tertiary/aromatic N) is 2. The molecule has 2 aromatic rings. The summed E-state index contributed by atoms with van der Waals surface area (Å²) in [4.78, 5) is 22.1. The Hall–Kier alpha value is -1.73.